The number of Topliss-reactive ketones (excluding diaryl/α,β-unsaturated/α-hetero) is 1. The molecular weight excluding hydrogens is 354 g/mol. The third-order valence-electron chi connectivity index (χ3n) is 4.49. The van der Waals surface area contributed by atoms with E-state index in [0.717, 1.165) is 11.1 Å². The molecule has 0 saturated carbocycles. The Morgan fingerprint density at radius 1 is 0.857 bits per heavy atom. The average Bonchev–Trinajstić information content (AvgIpc) is 2.65. The largest absolute Gasteiger partial charge is 0.453 e. The Morgan fingerprint density at radius 3 is 2.07 bits per heavy atom. The molecule has 0 saturated heterocycles. The third-order valence-corrected chi connectivity index (χ3v) is 4.49. The summed E-state index contributed by atoms with van der Waals surface area (Å²) in [6.45, 7) is 8.99. The molecule has 2 rings (SSSR count). The number of amides is 1. The van der Waals surface area contributed by atoms with E-state index < -0.39 is 18.1 Å². The quantitative estimate of drug-likeness (QED) is 0.584. The summed E-state index contributed by atoms with van der Waals surface area (Å²) in [4.78, 5) is 37.6. The highest BCUT2D eigenvalue weighted by molar-refractivity contribution is 6.01. The number of ether oxygens (including phenoxy) is 1. The van der Waals surface area contributed by atoms with Crippen molar-refractivity contribution in [3.63, 3.8) is 0 Å². The summed E-state index contributed by atoms with van der Waals surface area (Å²) in [6, 6.07) is 13.4. The van der Waals surface area contributed by atoms with E-state index in [1.807, 2.05) is 45.9 Å². The minimum absolute atomic E-state index is 0.192. The van der Waals surface area contributed by atoms with E-state index in [2.05, 4.69) is 5.32 Å². The first kappa shape index (κ1) is 21.4. The molecule has 0 bridgehead atoms. The van der Waals surface area contributed by atoms with Crippen LogP contribution in [0.2, 0.25) is 0 Å². The van der Waals surface area contributed by atoms with Gasteiger partial charge in [-0.1, -0.05) is 61.4 Å². The number of hydrogen-bond donors (Lipinski definition) is 1. The van der Waals surface area contributed by atoms with Gasteiger partial charge in [0.1, 0.15) is 6.04 Å². The van der Waals surface area contributed by atoms with Crippen LogP contribution in [0.3, 0.4) is 0 Å². The van der Waals surface area contributed by atoms with Crippen LogP contribution in [0.4, 0.5) is 0 Å². The van der Waals surface area contributed by atoms with E-state index in [1.54, 1.807) is 37.3 Å². The van der Waals surface area contributed by atoms with Gasteiger partial charge in [-0.25, -0.2) is 4.79 Å². The summed E-state index contributed by atoms with van der Waals surface area (Å²) in [7, 11) is 0. The summed E-state index contributed by atoms with van der Waals surface area (Å²) in [5, 5.41) is 2.73. The van der Waals surface area contributed by atoms with Crippen molar-refractivity contribution in [2.75, 3.05) is 0 Å². The molecule has 2 atom stereocenters. The van der Waals surface area contributed by atoms with Crippen LogP contribution in [-0.4, -0.2) is 29.8 Å². The highest BCUT2D eigenvalue weighted by Crippen LogP contribution is 2.12. The SMILES string of the molecule is Cc1ccc(C(=O)C(C)OC(=O)[C@@H](NC(=O)c2cccc(C)c2)C(C)C)cc1. The van der Waals surface area contributed by atoms with Crippen molar-refractivity contribution in [2.45, 2.75) is 46.8 Å². The van der Waals surface area contributed by atoms with E-state index in [4.69, 9.17) is 4.74 Å². The molecule has 0 spiro atoms. The summed E-state index contributed by atoms with van der Waals surface area (Å²) in [5.74, 6) is -1.44. The zero-order valence-corrected chi connectivity index (χ0v) is 17.0. The van der Waals surface area contributed by atoms with Gasteiger partial charge >= 0.3 is 5.97 Å². The molecule has 28 heavy (non-hydrogen) atoms. The van der Waals surface area contributed by atoms with Gasteiger partial charge < -0.3 is 10.1 Å². The minimum Gasteiger partial charge on any atom is -0.453 e. The van der Waals surface area contributed by atoms with Crippen LogP contribution in [0.1, 0.15) is 52.6 Å². The number of nitrogens with one attached hydrogen (secondary N) is 1. The number of hydrogen-bond acceptors (Lipinski definition) is 4. The number of esters is 1. The fraction of sp³-hybridized carbons (Fsp3) is 0.348. The number of aryl methyl sites for hydroxylation is 2. The maximum absolute atomic E-state index is 12.6. The Balaban J connectivity index is 2.06. The summed E-state index contributed by atoms with van der Waals surface area (Å²) in [5.41, 5.74) is 2.95. The summed E-state index contributed by atoms with van der Waals surface area (Å²) >= 11 is 0. The normalized spacial score (nSPS) is 12.9. The molecule has 0 aliphatic carbocycles. The number of carbonyl (C=O) groups is 3. The molecule has 148 valence electrons. The van der Waals surface area contributed by atoms with Crippen LogP contribution in [0.15, 0.2) is 48.5 Å². The molecule has 5 heteroatoms. The number of ketones is 1. The Bertz CT molecular complexity index is 855. The zero-order chi connectivity index (χ0) is 20.8. The Labute approximate surface area is 166 Å². The molecule has 5 nitrogen and oxygen atoms in total. The van der Waals surface area contributed by atoms with Crippen LogP contribution in [-0.2, 0) is 9.53 Å². The Kier molecular flexibility index (Phi) is 7.10. The molecule has 1 N–H and O–H groups in total. The minimum atomic E-state index is -0.938. The first-order chi connectivity index (χ1) is 13.2. The second-order valence-corrected chi connectivity index (χ2v) is 7.37. The van der Waals surface area contributed by atoms with Crippen molar-refractivity contribution in [3.05, 3.63) is 70.8 Å². The maximum atomic E-state index is 12.6. The van der Waals surface area contributed by atoms with Gasteiger partial charge in [0.05, 0.1) is 0 Å². The van der Waals surface area contributed by atoms with E-state index >= 15 is 0 Å². The van der Waals surface area contributed by atoms with Gasteiger partial charge in [-0.3, -0.25) is 9.59 Å². The van der Waals surface area contributed by atoms with Crippen molar-refractivity contribution in [1.82, 2.24) is 5.32 Å². The molecule has 0 fully saturated rings. The van der Waals surface area contributed by atoms with E-state index in [0.29, 0.717) is 11.1 Å². The molecule has 2 aromatic rings. The molecule has 2 aromatic carbocycles. The van der Waals surface area contributed by atoms with Crippen molar-refractivity contribution in [2.24, 2.45) is 5.92 Å². The molecular formula is C23H27NO4. The maximum Gasteiger partial charge on any atom is 0.329 e. The van der Waals surface area contributed by atoms with Crippen molar-refractivity contribution in [3.8, 4) is 0 Å². The molecule has 0 aromatic heterocycles. The van der Waals surface area contributed by atoms with Gasteiger partial charge in [0.15, 0.2) is 6.10 Å². The van der Waals surface area contributed by atoms with Gasteiger partial charge in [-0.2, -0.15) is 0 Å². The van der Waals surface area contributed by atoms with E-state index in [-0.39, 0.29) is 17.6 Å². The first-order valence-corrected chi connectivity index (χ1v) is 9.38. The lowest BCUT2D eigenvalue weighted by Gasteiger charge is -2.23. The molecule has 1 unspecified atom stereocenters. The van der Waals surface area contributed by atoms with Gasteiger partial charge in [-0.05, 0) is 38.8 Å². The van der Waals surface area contributed by atoms with Crippen molar-refractivity contribution >= 4 is 17.7 Å². The molecule has 0 aliphatic rings. The lowest BCUT2D eigenvalue weighted by atomic mass is 10.0. The van der Waals surface area contributed by atoms with Crippen molar-refractivity contribution < 1.29 is 19.1 Å². The second kappa shape index (κ2) is 9.31. The fourth-order valence-corrected chi connectivity index (χ4v) is 2.76. The van der Waals surface area contributed by atoms with E-state index in [1.165, 1.54) is 0 Å². The number of rotatable bonds is 7. The Morgan fingerprint density at radius 2 is 1.50 bits per heavy atom. The van der Waals surface area contributed by atoms with Crippen LogP contribution in [0.25, 0.3) is 0 Å². The van der Waals surface area contributed by atoms with Gasteiger partial charge in [0, 0.05) is 11.1 Å². The summed E-state index contributed by atoms with van der Waals surface area (Å²) in [6.07, 6.45) is -0.938. The number of carbonyl (C=O) groups excluding carboxylic acids is 3. The zero-order valence-electron chi connectivity index (χ0n) is 17.0. The van der Waals surface area contributed by atoms with Crippen LogP contribution in [0, 0.1) is 19.8 Å². The Hall–Kier alpha value is -2.95. The topological polar surface area (TPSA) is 72.5 Å². The highest BCUT2D eigenvalue weighted by atomic mass is 16.5. The fourth-order valence-electron chi connectivity index (χ4n) is 2.76. The standard InChI is InChI=1S/C23H27NO4/c1-14(2)20(24-22(26)19-8-6-7-16(4)13-19)23(27)28-17(5)21(25)18-11-9-15(3)10-12-18/h6-14,17,20H,1-5H3,(H,24,26)/t17?,20-/m0/s1. The van der Waals surface area contributed by atoms with Crippen LogP contribution in [0.5, 0.6) is 0 Å². The molecule has 0 radical (unpaired) electrons. The van der Waals surface area contributed by atoms with Crippen LogP contribution >= 0.6 is 0 Å². The van der Waals surface area contributed by atoms with E-state index in [9.17, 15) is 14.4 Å². The molecule has 1 amide bonds. The van der Waals surface area contributed by atoms with Crippen LogP contribution < -0.4 is 5.32 Å². The van der Waals surface area contributed by atoms with Crippen molar-refractivity contribution in [1.29, 1.82) is 0 Å². The lowest BCUT2D eigenvalue weighted by Crippen LogP contribution is -2.46. The lowest BCUT2D eigenvalue weighted by molar-refractivity contribution is -0.149. The summed E-state index contributed by atoms with van der Waals surface area (Å²) < 4.78 is 5.38. The van der Waals surface area contributed by atoms with Gasteiger partial charge in [0.2, 0.25) is 5.78 Å². The molecule has 0 heterocycles. The average molecular weight is 381 g/mol. The highest BCUT2D eigenvalue weighted by Gasteiger charge is 2.29. The predicted octanol–water partition coefficient (Wildman–Crippen LogP) is 3.87. The smallest absolute Gasteiger partial charge is 0.329 e. The first-order valence-electron chi connectivity index (χ1n) is 9.38. The van der Waals surface area contributed by atoms with Gasteiger partial charge in [0.25, 0.3) is 5.91 Å². The number of benzene rings is 2. The second-order valence-electron chi connectivity index (χ2n) is 7.37. The monoisotopic (exact) mass is 381 g/mol. The third kappa shape index (κ3) is 5.52. The predicted molar refractivity (Wildman–Crippen MR) is 108 cm³/mol. The van der Waals surface area contributed by atoms with Gasteiger partial charge in [-0.15, -0.1) is 0 Å². The molecule has 0 aliphatic heterocycles.